The molecule has 0 N–H and O–H groups in total. The number of hydrogen-bond donors (Lipinski definition) is 0. The van der Waals surface area contributed by atoms with Gasteiger partial charge in [-0.05, 0) is 32.8 Å². The lowest BCUT2D eigenvalue weighted by Crippen LogP contribution is -2.39. The fourth-order valence-electron chi connectivity index (χ4n) is 2.92. The van der Waals surface area contributed by atoms with Crippen molar-refractivity contribution in [1.82, 2.24) is 19.7 Å². The third kappa shape index (κ3) is 3.55. The molecule has 1 amide bonds. The SMILES string of the molecule is Cc1ccn(CCC(=O)N2CCC[C@H](c3ncc(C)s3)C2)n1. The standard InChI is InChI=1S/C16H22N4OS/c1-12-5-8-20(18-12)9-6-15(21)19-7-3-4-14(11-19)16-17-10-13(2)22-16/h5,8,10,14H,3-4,6-7,9,11H2,1-2H3/t14-/m0/s1. The summed E-state index contributed by atoms with van der Waals surface area (Å²) in [5.41, 5.74) is 0.990. The van der Waals surface area contributed by atoms with Crippen LogP contribution in [0.25, 0.3) is 0 Å². The molecule has 2 aromatic rings. The first-order valence-electron chi connectivity index (χ1n) is 7.82. The monoisotopic (exact) mass is 318 g/mol. The number of piperidine rings is 1. The Morgan fingerprint density at radius 3 is 3.00 bits per heavy atom. The van der Waals surface area contributed by atoms with E-state index >= 15 is 0 Å². The average Bonchev–Trinajstić information content (AvgIpc) is 3.13. The van der Waals surface area contributed by atoms with Gasteiger partial charge in [-0.25, -0.2) is 4.98 Å². The summed E-state index contributed by atoms with van der Waals surface area (Å²) >= 11 is 1.76. The van der Waals surface area contributed by atoms with Crippen LogP contribution in [0.4, 0.5) is 0 Å². The Bertz CT molecular complexity index is 648. The first kappa shape index (κ1) is 15.2. The lowest BCUT2D eigenvalue weighted by molar-refractivity contribution is -0.132. The Morgan fingerprint density at radius 2 is 2.32 bits per heavy atom. The van der Waals surface area contributed by atoms with Gasteiger partial charge in [0.1, 0.15) is 0 Å². The fourth-order valence-corrected chi connectivity index (χ4v) is 3.82. The van der Waals surface area contributed by atoms with Crippen LogP contribution in [0.1, 0.15) is 40.8 Å². The van der Waals surface area contributed by atoms with E-state index in [1.165, 1.54) is 9.88 Å². The van der Waals surface area contributed by atoms with Crippen LogP contribution in [-0.2, 0) is 11.3 Å². The predicted molar refractivity (Wildman–Crippen MR) is 87.0 cm³/mol. The molecule has 5 nitrogen and oxygen atoms in total. The second-order valence-corrected chi connectivity index (χ2v) is 7.22. The predicted octanol–water partition coefficient (Wildman–Crippen LogP) is 2.75. The van der Waals surface area contributed by atoms with Gasteiger partial charge in [-0.15, -0.1) is 11.3 Å². The number of aromatic nitrogens is 3. The highest BCUT2D eigenvalue weighted by Crippen LogP contribution is 2.29. The summed E-state index contributed by atoms with van der Waals surface area (Å²) in [7, 11) is 0. The van der Waals surface area contributed by atoms with Gasteiger partial charge >= 0.3 is 0 Å². The highest BCUT2D eigenvalue weighted by Gasteiger charge is 2.26. The van der Waals surface area contributed by atoms with Crippen molar-refractivity contribution in [2.24, 2.45) is 0 Å². The van der Waals surface area contributed by atoms with E-state index in [9.17, 15) is 4.79 Å². The molecule has 118 valence electrons. The number of amides is 1. The third-order valence-electron chi connectivity index (χ3n) is 4.09. The number of aryl methyl sites for hydroxylation is 3. The summed E-state index contributed by atoms with van der Waals surface area (Å²) < 4.78 is 1.85. The Morgan fingerprint density at radius 1 is 1.45 bits per heavy atom. The normalized spacial score (nSPS) is 18.6. The van der Waals surface area contributed by atoms with E-state index in [0.29, 0.717) is 18.9 Å². The van der Waals surface area contributed by atoms with Gasteiger partial charge in [0.2, 0.25) is 5.91 Å². The summed E-state index contributed by atoms with van der Waals surface area (Å²) in [6, 6.07) is 1.96. The van der Waals surface area contributed by atoms with E-state index in [1.807, 2.05) is 35.0 Å². The first-order chi connectivity index (χ1) is 10.6. The van der Waals surface area contributed by atoms with Crippen LogP contribution in [0.15, 0.2) is 18.5 Å². The molecule has 1 atom stereocenters. The van der Waals surface area contributed by atoms with Gasteiger partial charge in [0.05, 0.1) is 10.7 Å². The van der Waals surface area contributed by atoms with Gasteiger partial charge in [0.25, 0.3) is 0 Å². The minimum atomic E-state index is 0.228. The van der Waals surface area contributed by atoms with Crippen LogP contribution in [0.5, 0.6) is 0 Å². The van der Waals surface area contributed by atoms with Crippen molar-refractivity contribution in [2.45, 2.75) is 45.6 Å². The first-order valence-corrected chi connectivity index (χ1v) is 8.63. The van der Waals surface area contributed by atoms with E-state index in [2.05, 4.69) is 17.0 Å². The van der Waals surface area contributed by atoms with Gasteiger partial charge in [-0.1, -0.05) is 0 Å². The lowest BCUT2D eigenvalue weighted by atomic mass is 9.98. The molecule has 0 radical (unpaired) electrons. The molecule has 6 heteroatoms. The zero-order valence-electron chi connectivity index (χ0n) is 13.2. The molecule has 3 rings (SSSR count). The van der Waals surface area contributed by atoms with Crippen LogP contribution >= 0.6 is 11.3 Å². The van der Waals surface area contributed by atoms with E-state index in [4.69, 9.17) is 0 Å². The average molecular weight is 318 g/mol. The van der Waals surface area contributed by atoms with Crippen LogP contribution in [-0.4, -0.2) is 38.7 Å². The maximum Gasteiger partial charge on any atom is 0.224 e. The molecule has 22 heavy (non-hydrogen) atoms. The third-order valence-corrected chi connectivity index (χ3v) is 5.17. The second-order valence-electron chi connectivity index (χ2n) is 5.96. The van der Waals surface area contributed by atoms with Crippen molar-refractivity contribution in [1.29, 1.82) is 0 Å². The summed E-state index contributed by atoms with van der Waals surface area (Å²) in [6.07, 6.45) is 6.58. The minimum Gasteiger partial charge on any atom is -0.342 e. The van der Waals surface area contributed by atoms with Crippen LogP contribution in [0.2, 0.25) is 0 Å². The Labute approximate surface area is 135 Å². The fraction of sp³-hybridized carbons (Fsp3) is 0.562. The van der Waals surface area contributed by atoms with E-state index in [0.717, 1.165) is 31.6 Å². The highest BCUT2D eigenvalue weighted by molar-refractivity contribution is 7.11. The molecule has 1 saturated heterocycles. The Balaban J connectivity index is 1.55. The number of carbonyl (C=O) groups excluding carboxylic acids is 1. The second kappa shape index (κ2) is 6.60. The number of carbonyl (C=O) groups is 1. The molecule has 1 fully saturated rings. The molecule has 0 saturated carbocycles. The van der Waals surface area contributed by atoms with Crippen LogP contribution < -0.4 is 0 Å². The van der Waals surface area contributed by atoms with Crippen LogP contribution in [0, 0.1) is 13.8 Å². The van der Waals surface area contributed by atoms with Crippen molar-refractivity contribution < 1.29 is 4.79 Å². The largest absolute Gasteiger partial charge is 0.342 e. The molecular formula is C16H22N4OS. The zero-order chi connectivity index (χ0) is 15.5. The zero-order valence-corrected chi connectivity index (χ0v) is 14.0. The molecule has 3 heterocycles. The molecule has 1 aliphatic rings. The topological polar surface area (TPSA) is 51.0 Å². The minimum absolute atomic E-state index is 0.228. The quantitative estimate of drug-likeness (QED) is 0.871. The number of hydrogen-bond acceptors (Lipinski definition) is 4. The molecule has 0 spiro atoms. The summed E-state index contributed by atoms with van der Waals surface area (Å²) in [4.78, 5) is 20.2. The van der Waals surface area contributed by atoms with Gasteiger partial charge < -0.3 is 4.90 Å². The van der Waals surface area contributed by atoms with Gasteiger partial charge in [-0.2, -0.15) is 5.10 Å². The summed E-state index contributed by atoms with van der Waals surface area (Å²) in [5.74, 6) is 0.634. The molecule has 0 aliphatic carbocycles. The van der Waals surface area contributed by atoms with Gasteiger partial charge in [0.15, 0.2) is 0 Å². The molecule has 0 bridgehead atoms. The van der Waals surface area contributed by atoms with Crippen molar-refractivity contribution in [2.75, 3.05) is 13.1 Å². The maximum atomic E-state index is 12.4. The Kier molecular flexibility index (Phi) is 4.57. The number of rotatable bonds is 4. The molecule has 2 aromatic heterocycles. The van der Waals surface area contributed by atoms with Crippen molar-refractivity contribution in [3.8, 4) is 0 Å². The summed E-state index contributed by atoms with van der Waals surface area (Å²) in [5, 5.41) is 5.51. The molecule has 1 aliphatic heterocycles. The number of nitrogens with zero attached hydrogens (tertiary/aromatic N) is 4. The lowest BCUT2D eigenvalue weighted by Gasteiger charge is -2.32. The van der Waals surface area contributed by atoms with Crippen molar-refractivity contribution in [3.63, 3.8) is 0 Å². The van der Waals surface area contributed by atoms with E-state index < -0.39 is 0 Å². The van der Waals surface area contributed by atoms with E-state index in [-0.39, 0.29) is 5.91 Å². The molecular weight excluding hydrogens is 296 g/mol. The summed E-state index contributed by atoms with van der Waals surface area (Å²) in [6.45, 7) is 6.38. The molecule has 0 aromatic carbocycles. The maximum absolute atomic E-state index is 12.4. The highest BCUT2D eigenvalue weighted by atomic mass is 32.1. The Hall–Kier alpha value is -1.69. The van der Waals surface area contributed by atoms with Crippen LogP contribution in [0.3, 0.4) is 0 Å². The number of thiazole rings is 1. The molecule has 0 unspecified atom stereocenters. The number of likely N-dealkylation sites (tertiary alicyclic amines) is 1. The van der Waals surface area contributed by atoms with Crippen molar-refractivity contribution in [3.05, 3.63) is 34.0 Å². The van der Waals surface area contributed by atoms with Gasteiger partial charge in [-0.3, -0.25) is 9.48 Å². The van der Waals surface area contributed by atoms with Crippen molar-refractivity contribution >= 4 is 17.2 Å². The van der Waals surface area contributed by atoms with E-state index in [1.54, 1.807) is 11.3 Å². The van der Waals surface area contributed by atoms with Gasteiger partial charge in [0, 0.05) is 49.2 Å². The smallest absolute Gasteiger partial charge is 0.224 e.